The highest BCUT2D eigenvalue weighted by atomic mass is 32.1. The van der Waals surface area contributed by atoms with Crippen LogP contribution in [-0.2, 0) is 9.59 Å². The molecule has 0 unspecified atom stereocenters. The minimum Gasteiger partial charge on any atom is -0.507 e. The van der Waals surface area contributed by atoms with Gasteiger partial charge in [-0.05, 0) is 80.3 Å². The number of aryl methyl sites for hydroxylation is 2. The van der Waals surface area contributed by atoms with Crippen LogP contribution in [0.15, 0.2) is 54.1 Å². The largest absolute Gasteiger partial charge is 0.507 e. The first-order valence-electron chi connectivity index (χ1n) is 14.8. The fraction of sp³-hybridized carbons (Fsp3) is 0.324. The van der Waals surface area contributed by atoms with Crippen molar-refractivity contribution < 1.29 is 33.6 Å². The number of carbonyl (C=O) groups is 2. The van der Waals surface area contributed by atoms with Crippen molar-refractivity contribution in [2.45, 2.75) is 46.6 Å². The van der Waals surface area contributed by atoms with E-state index in [2.05, 4.69) is 6.92 Å². The highest BCUT2D eigenvalue weighted by Crippen LogP contribution is 2.47. The predicted molar refractivity (Wildman–Crippen MR) is 169 cm³/mol. The van der Waals surface area contributed by atoms with Gasteiger partial charge in [-0.2, -0.15) is 0 Å². The van der Waals surface area contributed by atoms with Crippen molar-refractivity contribution in [2.75, 3.05) is 31.3 Å². The molecule has 0 radical (unpaired) electrons. The molecule has 44 heavy (non-hydrogen) atoms. The Morgan fingerprint density at radius 3 is 2.57 bits per heavy atom. The molecule has 1 N–H and O–H groups in total. The van der Waals surface area contributed by atoms with E-state index in [4.69, 9.17) is 23.9 Å². The van der Waals surface area contributed by atoms with Gasteiger partial charge in [0.1, 0.15) is 19.0 Å². The maximum atomic E-state index is 13.8. The number of nitrogens with zero attached hydrogens (tertiary/aromatic N) is 2. The van der Waals surface area contributed by atoms with E-state index in [9.17, 15) is 14.7 Å². The molecule has 9 nitrogen and oxygen atoms in total. The van der Waals surface area contributed by atoms with Crippen molar-refractivity contribution in [1.82, 2.24) is 4.98 Å². The van der Waals surface area contributed by atoms with Crippen molar-refractivity contribution in [1.29, 1.82) is 0 Å². The van der Waals surface area contributed by atoms with Gasteiger partial charge in [-0.3, -0.25) is 14.5 Å². The van der Waals surface area contributed by atoms with Crippen LogP contribution in [0.25, 0.3) is 16.0 Å². The first-order valence-corrected chi connectivity index (χ1v) is 15.6. The van der Waals surface area contributed by atoms with Crippen LogP contribution in [0, 0.1) is 13.8 Å². The molecular weight excluding hydrogens is 580 g/mol. The summed E-state index contributed by atoms with van der Waals surface area (Å²) in [7, 11) is 0. The maximum Gasteiger partial charge on any atom is 0.301 e. The van der Waals surface area contributed by atoms with Gasteiger partial charge in [0.2, 0.25) is 0 Å². The third kappa shape index (κ3) is 5.34. The van der Waals surface area contributed by atoms with Gasteiger partial charge in [-0.25, -0.2) is 4.98 Å². The molecule has 1 fully saturated rings. The van der Waals surface area contributed by atoms with Gasteiger partial charge in [0.25, 0.3) is 5.78 Å². The fourth-order valence-corrected chi connectivity index (χ4v) is 6.73. The van der Waals surface area contributed by atoms with E-state index in [0.717, 1.165) is 34.2 Å². The molecule has 0 spiro atoms. The monoisotopic (exact) mass is 614 g/mol. The van der Waals surface area contributed by atoms with Crippen molar-refractivity contribution in [3.05, 3.63) is 76.4 Å². The second-order valence-electron chi connectivity index (χ2n) is 10.8. The van der Waals surface area contributed by atoms with Crippen LogP contribution in [0.2, 0.25) is 0 Å². The molecule has 0 saturated carbocycles. The van der Waals surface area contributed by atoms with Crippen molar-refractivity contribution >= 4 is 44.1 Å². The van der Waals surface area contributed by atoms with Crippen molar-refractivity contribution in [3.8, 4) is 23.0 Å². The normalized spacial score (nSPS) is 17.4. The number of anilines is 1. The molecule has 1 amide bonds. The lowest BCUT2D eigenvalue weighted by molar-refractivity contribution is -0.132. The number of rotatable bonds is 9. The molecular formula is C34H34N2O7S. The van der Waals surface area contributed by atoms with E-state index in [-0.39, 0.29) is 11.3 Å². The molecule has 228 valence electrons. The number of ketones is 1. The van der Waals surface area contributed by atoms with E-state index in [1.165, 1.54) is 16.2 Å². The predicted octanol–water partition coefficient (Wildman–Crippen LogP) is 6.89. The number of ether oxygens (including phenoxy) is 4. The van der Waals surface area contributed by atoms with Gasteiger partial charge in [-0.1, -0.05) is 36.8 Å². The summed E-state index contributed by atoms with van der Waals surface area (Å²) in [4.78, 5) is 33.9. The maximum absolute atomic E-state index is 13.8. The quantitative estimate of drug-likeness (QED) is 0.0940. The lowest BCUT2D eigenvalue weighted by Crippen LogP contribution is -2.29. The molecule has 1 aromatic heterocycles. The summed E-state index contributed by atoms with van der Waals surface area (Å²) in [5.74, 6) is 0.155. The number of aliphatic hydroxyl groups excluding tert-OH is 1. The Kier molecular flexibility index (Phi) is 8.18. The van der Waals surface area contributed by atoms with Crippen LogP contribution in [0.3, 0.4) is 0 Å². The molecule has 3 heterocycles. The van der Waals surface area contributed by atoms with E-state index >= 15 is 0 Å². The lowest BCUT2D eigenvalue weighted by Gasteiger charge is -2.24. The Hall–Kier alpha value is -4.57. The minimum atomic E-state index is -0.978. The molecule has 4 aromatic rings. The molecule has 3 aromatic carbocycles. The van der Waals surface area contributed by atoms with Crippen LogP contribution in [0.5, 0.6) is 23.0 Å². The molecule has 10 heteroatoms. The third-order valence-electron chi connectivity index (χ3n) is 7.62. The first-order chi connectivity index (χ1) is 21.3. The van der Waals surface area contributed by atoms with Gasteiger partial charge < -0.3 is 24.1 Å². The average Bonchev–Trinajstić information content (AvgIpc) is 3.55. The highest BCUT2D eigenvalue weighted by molar-refractivity contribution is 7.22. The summed E-state index contributed by atoms with van der Waals surface area (Å²) in [6.45, 7) is 9.65. The molecule has 6 rings (SSSR count). The topological polar surface area (TPSA) is 107 Å². The molecule has 1 saturated heterocycles. The first kappa shape index (κ1) is 29.5. The number of Topliss-reactive ketones (excluding diaryl/α,β-unsaturated/α-hetero) is 1. The zero-order chi connectivity index (χ0) is 31.0. The summed E-state index contributed by atoms with van der Waals surface area (Å²) in [6.07, 6.45) is 1.87. The fourth-order valence-electron chi connectivity index (χ4n) is 5.56. The third-order valence-corrected chi connectivity index (χ3v) is 8.63. The van der Waals surface area contributed by atoms with Crippen LogP contribution in [0.4, 0.5) is 5.13 Å². The van der Waals surface area contributed by atoms with Crippen molar-refractivity contribution in [2.24, 2.45) is 0 Å². The minimum absolute atomic E-state index is 0.0547. The standard InChI is InChI=1S/C34H34N2O7S/c1-5-7-12-41-23-10-8-21(17-25(23)40-6-2)30-28(31(37)22-9-11-24-26(18-22)43-14-13-42-24)32(38)33(39)36(30)34-35-29-20(4)15-19(3)16-27(29)44-34/h8-11,15-18,30,37H,5-7,12-14H2,1-4H3/b31-28+/t30-/m1/s1. The number of hydrogen-bond acceptors (Lipinski definition) is 9. The van der Waals surface area contributed by atoms with Gasteiger partial charge in [-0.15, -0.1) is 0 Å². The lowest BCUT2D eigenvalue weighted by atomic mass is 9.95. The van der Waals surface area contributed by atoms with E-state index in [0.29, 0.717) is 65.7 Å². The van der Waals surface area contributed by atoms with Crippen LogP contribution in [0.1, 0.15) is 55.0 Å². The summed E-state index contributed by atoms with van der Waals surface area (Å²) < 4.78 is 24.2. The Bertz CT molecular complexity index is 1790. The Morgan fingerprint density at radius 1 is 1.00 bits per heavy atom. The molecule has 0 bridgehead atoms. The smallest absolute Gasteiger partial charge is 0.301 e. The summed E-state index contributed by atoms with van der Waals surface area (Å²) >= 11 is 1.33. The number of unbranched alkanes of at least 4 members (excludes halogenated alkanes) is 1. The summed E-state index contributed by atoms with van der Waals surface area (Å²) in [5, 5.41) is 12.1. The second-order valence-corrected chi connectivity index (χ2v) is 11.8. The van der Waals surface area contributed by atoms with Crippen LogP contribution >= 0.6 is 11.3 Å². The van der Waals surface area contributed by atoms with Crippen LogP contribution in [-0.4, -0.2) is 48.2 Å². The van der Waals surface area contributed by atoms with Gasteiger partial charge in [0, 0.05) is 5.56 Å². The van der Waals surface area contributed by atoms with Gasteiger partial charge in [0.05, 0.1) is 35.0 Å². The number of fused-ring (bicyclic) bond motifs is 2. The highest BCUT2D eigenvalue weighted by Gasteiger charge is 2.48. The zero-order valence-electron chi connectivity index (χ0n) is 25.1. The molecule has 2 aliphatic rings. The van der Waals surface area contributed by atoms with E-state index < -0.39 is 17.7 Å². The summed E-state index contributed by atoms with van der Waals surface area (Å²) in [5.41, 5.74) is 3.65. The number of aliphatic hydroxyl groups is 1. The van der Waals surface area contributed by atoms with Crippen LogP contribution < -0.4 is 23.8 Å². The molecule has 0 aliphatic carbocycles. The van der Waals surface area contributed by atoms with E-state index in [1.807, 2.05) is 32.9 Å². The number of aromatic nitrogens is 1. The SMILES string of the molecule is CCCCOc1ccc([C@@H]2/C(=C(\O)c3ccc4c(c3)OCCO4)C(=O)C(=O)N2c2nc3c(C)cc(C)cc3s2)cc1OCC. The van der Waals surface area contributed by atoms with E-state index in [1.54, 1.807) is 36.4 Å². The Labute approximate surface area is 259 Å². The van der Waals surface area contributed by atoms with Crippen molar-refractivity contribution in [3.63, 3.8) is 0 Å². The number of amides is 1. The summed E-state index contributed by atoms with van der Waals surface area (Å²) in [6, 6.07) is 13.4. The molecule has 1 atom stereocenters. The Balaban J connectivity index is 1.53. The number of carbonyl (C=O) groups excluding carboxylic acids is 2. The number of hydrogen-bond donors (Lipinski definition) is 1. The second kappa shape index (κ2) is 12.2. The zero-order valence-corrected chi connectivity index (χ0v) is 26.0. The average molecular weight is 615 g/mol. The van der Waals surface area contributed by atoms with Gasteiger partial charge >= 0.3 is 5.91 Å². The number of thiazole rings is 1. The number of benzene rings is 3. The van der Waals surface area contributed by atoms with Gasteiger partial charge in [0.15, 0.2) is 28.1 Å². The Morgan fingerprint density at radius 2 is 1.80 bits per heavy atom. The molecule has 2 aliphatic heterocycles.